The van der Waals surface area contributed by atoms with Gasteiger partial charge in [-0.1, -0.05) is 30.3 Å². The van der Waals surface area contributed by atoms with Gasteiger partial charge in [0, 0.05) is 13.1 Å². The van der Waals surface area contributed by atoms with Crippen LogP contribution in [0.15, 0.2) is 30.3 Å². The topological polar surface area (TPSA) is 75.3 Å². The molecule has 1 aromatic carbocycles. The van der Waals surface area contributed by atoms with Gasteiger partial charge in [-0.25, -0.2) is 13.2 Å². The Balaban J connectivity index is 1.61. The van der Waals surface area contributed by atoms with E-state index in [1.807, 2.05) is 30.3 Å². The molecule has 2 amide bonds. The molecule has 6 heteroatoms. The third-order valence-corrected chi connectivity index (χ3v) is 5.26. The molecule has 1 heterocycles. The van der Waals surface area contributed by atoms with Crippen LogP contribution in [0.5, 0.6) is 0 Å². The second kappa shape index (κ2) is 6.74. The molecule has 1 fully saturated rings. The number of rotatable bonds is 5. The molecule has 5 nitrogen and oxygen atoms in total. The quantitative estimate of drug-likeness (QED) is 0.850. The predicted octanol–water partition coefficient (Wildman–Crippen LogP) is 0.963. The van der Waals surface area contributed by atoms with Gasteiger partial charge in [-0.2, -0.15) is 0 Å². The zero-order valence-corrected chi connectivity index (χ0v) is 12.2. The first kappa shape index (κ1) is 14.8. The Kier molecular flexibility index (Phi) is 5.00. The molecule has 1 saturated heterocycles. The maximum Gasteiger partial charge on any atom is 0.314 e. The van der Waals surface area contributed by atoms with Crippen LogP contribution < -0.4 is 10.6 Å². The van der Waals surface area contributed by atoms with Crippen molar-refractivity contribution in [2.24, 2.45) is 5.92 Å². The lowest BCUT2D eigenvalue weighted by Gasteiger charge is -2.10. The third kappa shape index (κ3) is 4.85. The van der Waals surface area contributed by atoms with Crippen molar-refractivity contribution < 1.29 is 13.2 Å². The summed E-state index contributed by atoms with van der Waals surface area (Å²) in [5.41, 5.74) is 1.18. The first-order valence-electron chi connectivity index (χ1n) is 6.81. The van der Waals surface area contributed by atoms with Gasteiger partial charge in [-0.15, -0.1) is 0 Å². The highest BCUT2D eigenvalue weighted by Gasteiger charge is 2.27. The fourth-order valence-electron chi connectivity index (χ4n) is 2.30. The van der Waals surface area contributed by atoms with E-state index >= 15 is 0 Å². The zero-order chi connectivity index (χ0) is 14.4. The number of sulfone groups is 1. The Hall–Kier alpha value is -1.56. The first-order valence-corrected chi connectivity index (χ1v) is 8.63. The van der Waals surface area contributed by atoms with Gasteiger partial charge in [-0.05, 0) is 24.3 Å². The average molecular weight is 296 g/mol. The highest BCUT2D eigenvalue weighted by molar-refractivity contribution is 7.91. The molecule has 2 N–H and O–H groups in total. The number of benzene rings is 1. The van der Waals surface area contributed by atoms with Crippen molar-refractivity contribution in [3.05, 3.63) is 35.9 Å². The number of nitrogens with one attached hydrogen (secondary N) is 2. The molecular weight excluding hydrogens is 276 g/mol. The van der Waals surface area contributed by atoms with Crippen LogP contribution in [0.3, 0.4) is 0 Å². The smallest absolute Gasteiger partial charge is 0.314 e. The normalized spacial score (nSPS) is 20.5. The minimum atomic E-state index is -2.87. The molecule has 0 aliphatic carbocycles. The van der Waals surface area contributed by atoms with Crippen LogP contribution in [-0.2, 0) is 16.3 Å². The number of urea groups is 1. The van der Waals surface area contributed by atoms with Crippen molar-refractivity contribution >= 4 is 15.9 Å². The standard InChI is InChI=1S/C14H20N2O3S/c17-14(15-8-6-12-4-2-1-3-5-12)16-10-13-7-9-20(18,19)11-13/h1-5,13H,6-11H2,(H2,15,16,17). The fraction of sp³-hybridized carbons (Fsp3) is 0.500. The summed E-state index contributed by atoms with van der Waals surface area (Å²) in [6.07, 6.45) is 1.43. The molecule has 0 radical (unpaired) electrons. The van der Waals surface area contributed by atoms with E-state index in [0.717, 1.165) is 6.42 Å². The number of carbonyl (C=O) groups is 1. The Labute approximate surface area is 119 Å². The van der Waals surface area contributed by atoms with Crippen LogP contribution in [0.4, 0.5) is 4.79 Å². The van der Waals surface area contributed by atoms with Gasteiger partial charge in [0.15, 0.2) is 9.84 Å². The molecule has 0 aromatic heterocycles. The van der Waals surface area contributed by atoms with Gasteiger partial charge in [0.1, 0.15) is 0 Å². The van der Waals surface area contributed by atoms with Crippen LogP contribution in [0.25, 0.3) is 0 Å². The molecule has 0 saturated carbocycles. The molecule has 110 valence electrons. The van der Waals surface area contributed by atoms with Crippen LogP contribution in [0, 0.1) is 5.92 Å². The highest BCUT2D eigenvalue weighted by Crippen LogP contribution is 2.17. The molecule has 1 atom stereocenters. The maximum absolute atomic E-state index is 11.6. The Morgan fingerprint density at radius 3 is 2.60 bits per heavy atom. The summed E-state index contributed by atoms with van der Waals surface area (Å²) < 4.78 is 22.6. The molecule has 1 unspecified atom stereocenters. The molecule has 1 aliphatic rings. The van der Waals surface area contributed by atoms with Gasteiger partial charge in [0.05, 0.1) is 11.5 Å². The average Bonchev–Trinajstić information content (AvgIpc) is 2.77. The lowest BCUT2D eigenvalue weighted by molar-refractivity contribution is 0.239. The van der Waals surface area contributed by atoms with E-state index in [0.29, 0.717) is 19.5 Å². The summed E-state index contributed by atoms with van der Waals surface area (Å²) in [6, 6.07) is 9.70. The third-order valence-electron chi connectivity index (χ3n) is 3.42. The molecule has 20 heavy (non-hydrogen) atoms. The van der Waals surface area contributed by atoms with E-state index in [2.05, 4.69) is 10.6 Å². The van der Waals surface area contributed by atoms with Crippen molar-refractivity contribution in [1.82, 2.24) is 10.6 Å². The predicted molar refractivity (Wildman–Crippen MR) is 78.3 cm³/mol. The molecule has 0 spiro atoms. The zero-order valence-electron chi connectivity index (χ0n) is 11.3. The minimum absolute atomic E-state index is 0.0554. The van der Waals surface area contributed by atoms with Gasteiger partial charge in [-0.3, -0.25) is 0 Å². The largest absolute Gasteiger partial charge is 0.338 e. The Morgan fingerprint density at radius 2 is 1.95 bits per heavy atom. The van der Waals surface area contributed by atoms with E-state index in [-0.39, 0.29) is 23.5 Å². The van der Waals surface area contributed by atoms with E-state index < -0.39 is 9.84 Å². The lowest BCUT2D eigenvalue weighted by atomic mass is 10.1. The van der Waals surface area contributed by atoms with Gasteiger partial charge < -0.3 is 10.6 Å². The number of carbonyl (C=O) groups excluding carboxylic acids is 1. The van der Waals surface area contributed by atoms with E-state index in [9.17, 15) is 13.2 Å². The van der Waals surface area contributed by atoms with Gasteiger partial charge in [0.2, 0.25) is 0 Å². The molecule has 1 aliphatic heterocycles. The Bertz CT molecular complexity index is 543. The van der Waals surface area contributed by atoms with Crippen LogP contribution in [0.1, 0.15) is 12.0 Å². The van der Waals surface area contributed by atoms with Crippen LogP contribution in [-0.4, -0.2) is 39.0 Å². The summed E-state index contributed by atoms with van der Waals surface area (Å²) in [5, 5.41) is 5.51. The monoisotopic (exact) mass is 296 g/mol. The minimum Gasteiger partial charge on any atom is -0.338 e. The fourth-order valence-corrected chi connectivity index (χ4v) is 4.16. The van der Waals surface area contributed by atoms with Gasteiger partial charge >= 0.3 is 6.03 Å². The molecular formula is C14H20N2O3S. The summed E-state index contributed by atoms with van der Waals surface area (Å²) in [6.45, 7) is 0.995. The number of hydrogen-bond acceptors (Lipinski definition) is 3. The van der Waals surface area contributed by atoms with Crippen molar-refractivity contribution in [2.75, 3.05) is 24.6 Å². The molecule has 2 rings (SSSR count). The second-order valence-electron chi connectivity index (χ2n) is 5.14. The summed E-state index contributed by atoms with van der Waals surface area (Å²) in [4.78, 5) is 11.6. The van der Waals surface area contributed by atoms with Gasteiger partial charge in [0.25, 0.3) is 0 Å². The van der Waals surface area contributed by atoms with E-state index in [1.165, 1.54) is 5.56 Å². The van der Waals surface area contributed by atoms with E-state index in [4.69, 9.17) is 0 Å². The maximum atomic E-state index is 11.6. The second-order valence-corrected chi connectivity index (χ2v) is 7.37. The van der Waals surface area contributed by atoms with E-state index in [1.54, 1.807) is 0 Å². The summed E-state index contributed by atoms with van der Waals surface area (Å²) >= 11 is 0. The van der Waals surface area contributed by atoms with Crippen molar-refractivity contribution in [3.63, 3.8) is 0 Å². The SMILES string of the molecule is O=C(NCCc1ccccc1)NCC1CCS(=O)(=O)C1. The number of hydrogen-bond donors (Lipinski definition) is 2. The molecule has 1 aromatic rings. The Morgan fingerprint density at radius 1 is 1.20 bits per heavy atom. The van der Waals surface area contributed by atoms with Crippen LogP contribution in [0.2, 0.25) is 0 Å². The van der Waals surface area contributed by atoms with Crippen molar-refractivity contribution in [1.29, 1.82) is 0 Å². The summed E-state index contributed by atoms with van der Waals surface area (Å²) in [5.74, 6) is 0.492. The van der Waals surface area contributed by atoms with Crippen LogP contribution >= 0.6 is 0 Å². The van der Waals surface area contributed by atoms with Crippen molar-refractivity contribution in [3.8, 4) is 0 Å². The van der Waals surface area contributed by atoms with Crippen molar-refractivity contribution in [2.45, 2.75) is 12.8 Å². The summed E-state index contributed by atoms with van der Waals surface area (Å²) in [7, 11) is -2.87. The highest BCUT2D eigenvalue weighted by atomic mass is 32.2. The number of amides is 2. The first-order chi connectivity index (χ1) is 9.55. The lowest BCUT2D eigenvalue weighted by Crippen LogP contribution is -2.39. The molecule has 0 bridgehead atoms.